The Balaban J connectivity index is 1.54. The van der Waals surface area contributed by atoms with Gasteiger partial charge in [-0.15, -0.1) is 0 Å². The molecule has 0 unspecified atom stereocenters. The van der Waals surface area contributed by atoms with Gasteiger partial charge in [-0.3, -0.25) is 0 Å². The maximum atomic E-state index is 10.5. The first-order chi connectivity index (χ1) is 15.9. The van der Waals surface area contributed by atoms with Crippen LogP contribution in [0.25, 0.3) is 0 Å². The van der Waals surface area contributed by atoms with Crippen LogP contribution < -0.4 is 4.74 Å². The van der Waals surface area contributed by atoms with Crippen molar-refractivity contribution in [2.75, 3.05) is 19.8 Å². The Morgan fingerprint density at radius 1 is 1.03 bits per heavy atom. The monoisotopic (exact) mass is 478 g/mol. The number of halogens is 1. The predicted molar refractivity (Wildman–Crippen MR) is 123 cm³/mol. The summed E-state index contributed by atoms with van der Waals surface area (Å²) in [7, 11) is 0. The normalized spacial score (nSPS) is 29.9. The lowest BCUT2D eigenvalue weighted by Gasteiger charge is -2.40. The molecule has 0 aromatic heterocycles. The van der Waals surface area contributed by atoms with Crippen molar-refractivity contribution in [3.8, 4) is 5.75 Å². The molecule has 0 radical (unpaired) electrons. The fourth-order valence-electron chi connectivity index (χ4n) is 4.42. The van der Waals surface area contributed by atoms with Crippen molar-refractivity contribution in [3.05, 3.63) is 63.7 Å². The molecule has 180 valence electrons. The van der Waals surface area contributed by atoms with E-state index in [1.807, 2.05) is 18.2 Å². The van der Waals surface area contributed by atoms with Crippen molar-refractivity contribution < 1.29 is 34.6 Å². The van der Waals surface area contributed by atoms with Crippen molar-refractivity contribution in [2.45, 2.75) is 62.8 Å². The summed E-state index contributed by atoms with van der Waals surface area (Å²) >= 11 is 6.48. The third-order valence-electron chi connectivity index (χ3n) is 6.37. The van der Waals surface area contributed by atoms with Gasteiger partial charge in [0.05, 0.1) is 19.8 Å². The molecule has 0 bridgehead atoms. The molecule has 7 nitrogen and oxygen atoms in total. The van der Waals surface area contributed by atoms with Gasteiger partial charge >= 0.3 is 0 Å². The van der Waals surface area contributed by atoms with Gasteiger partial charge < -0.3 is 34.6 Å². The summed E-state index contributed by atoms with van der Waals surface area (Å²) in [5.41, 5.74) is 3.63. The minimum atomic E-state index is -1.43. The number of hydrogen-bond acceptors (Lipinski definition) is 7. The molecule has 0 aliphatic carbocycles. The van der Waals surface area contributed by atoms with Crippen molar-refractivity contribution in [1.29, 1.82) is 0 Å². The molecule has 2 heterocycles. The first-order valence-electron chi connectivity index (χ1n) is 11.4. The zero-order valence-electron chi connectivity index (χ0n) is 18.6. The van der Waals surface area contributed by atoms with Crippen LogP contribution in [0.3, 0.4) is 0 Å². The molecule has 6 atom stereocenters. The molecule has 2 aromatic rings. The highest BCUT2D eigenvalue weighted by molar-refractivity contribution is 6.31. The number of ether oxygens (including phenoxy) is 3. The van der Waals surface area contributed by atoms with Crippen LogP contribution in [-0.4, -0.2) is 70.8 Å². The van der Waals surface area contributed by atoms with Gasteiger partial charge in [-0.1, -0.05) is 42.8 Å². The lowest BCUT2D eigenvalue weighted by molar-refractivity contribution is -0.231. The number of aryl methyl sites for hydroxylation is 1. The molecular weight excluding hydrogens is 448 g/mol. The van der Waals surface area contributed by atoms with Crippen molar-refractivity contribution in [3.63, 3.8) is 0 Å². The van der Waals surface area contributed by atoms with E-state index in [4.69, 9.17) is 25.8 Å². The maximum absolute atomic E-state index is 10.5. The summed E-state index contributed by atoms with van der Waals surface area (Å²) < 4.78 is 17.2. The maximum Gasteiger partial charge on any atom is 0.124 e. The second-order valence-electron chi connectivity index (χ2n) is 8.68. The van der Waals surface area contributed by atoms with Gasteiger partial charge in [0.2, 0.25) is 0 Å². The Kier molecular flexibility index (Phi) is 7.91. The van der Waals surface area contributed by atoms with E-state index < -0.39 is 37.1 Å². The van der Waals surface area contributed by atoms with Gasteiger partial charge in [0.15, 0.2) is 0 Å². The van der Waals surface area contributed by atoms with E-state index in [1.165, 1.54) is 0 Å². The molecule has 0 spiro atoms. The lowest BCUT2D eigenvalue weighted by atomic mass is 9.90. The smallest absolute Gasteiger partial charge is 0.124 e. The third-order valence-corrected chi connectivity index (χ3v) is 6.74. The second kappa shape index (κ2) is 10.7. The first kappa shape index (κ1) is 24.4. The molecule has 2 fully saturated rings. The van der Waals surface area contributed by atoms with Crippen LogP contribution in [0, 0.1) is 0 Å². The Morgan fingerprint density at radius 2 is 1.85 bits per heavy atom. The second-order valence-corrected chi connectivity index (χ2v) is 9.08. The summed E-state index contributed by atoms with van der Waals surface area (Å²) in [6.45, 7) is 2.96. The average molecular weight is 479 g/mol. The quantitative estimate of drug-likeness (QED) is 0.483. The molecule has 4 rings (SSSR count). The van der Waals surface area contributed by atoms with Gasteiger partial charge in [0.1, 0.15) is 42.4 Å². The lowest BCUT2D eigenvalue weighted by Crippen LogP contribution is -2.55. The molecule has 0 amide bonds. The summed E-state index contributed by atoms with van der Waals surface area (Å²) in [5, 5.41) is 40.7. The third kappa shape index (κ3) is 5.35. The molecule has 2 aromatic carbocycles. The molecule has 0 saturated carbocycles. The highest BCUT2D eigenvalue weighted by atomic mass is 35.5. The highest BCUT2D eigenvalue weighted by Gasteiger charge is 2.44. The highest BCUT2D eigenvalue weighted by Crippen LogP contribution is 2.35. The van der Waals surface area contributed by atoms with Crippen LogP contribution in [-0.2, 0) is 22.3 Å². The molecule has 4 N–H and O–H groups in total. The van der Waals surface area contributed by atoms with E-state index in [2.05, 4.69) is 13.0 Å². The summed E-state index contributed by atoms with van der Waals surface area (Å²) in [4.78, 5) is 0. The van der Waals surface area contributed by atoms with Crippen LogP contribution in [0.1, 0.15) is 41.7 Å². The van der Waals surface area contributed by atoms with Crippen molar-refractivity contribution >= 4 is 11.6 Å². The van der Waals surface area contributed by atoms with Crippen LogP contribution >= 0.6 is 11.6 Å². The first-order valence-corrected chi connectivity index (χ1v) is 11.7. The van der Waals surface area contributed by atoms with E-state index in [0.29, 0.717) is 23.6 Å². The van der Waals surface area contributed by atoms with Gasteiger partial charge in [0, 0.05) is 11.4 Å². The molecular formula is C25H31ClO7. The largest absolute Gasteiger partial charge is 0.488 e. The molecule has 33 heavy (non-hydrogen) atoms. The van der Waals surface area contributed by atoms with Gasteiger partial charge in [-0.2, -0.15) is 0 Å². The van der Waals surface area contributed by atoms with Gasteiger partial charge in [0.25, 0.3) is 0 Å². The van der Waals surface area contributed by atoms with E-state index in [9.17, 15) is 20.4 Å². The Morgan fingerprint density at radius 3 is 2.55 bits per heavy atom. The van der Waals surface area contributed by atoms with E-state index >= 15 is 0 Å². The summed E-state index contributed by atoms with van der Waals surface area (Å²) in [5.74, 6) is 0.873. The Labute approximate surface area is 198 Å². The van der Waals surface area contributed by atoms with Crippen LogP contribution in [0.2, 0.25) is 5.02 Å². The molecule has 2 aliphatic rings. The zero-order chi connectivity index (χ0) is 23.5. The average Bonchev–Trinajstić information content (AvgIpc) is 3.33. The number of hydrogen-bond donors (Lipinski definition) is 4. The van der Waals surface area contributed by atoms with Crippen molar-refractivity contribution in [2.24, 2.45) is 0 Å². The fraction of sp³-hybridized carbons (Fsp3) is 0.520. The topological polar surface area (TPSA) is 109 Å². The Hall–Kier alpha value is -1.71. The molecule has 2 saturated heterocycles. The number of aliphatic hydroxyl groups excluding tert-OH is 4. The van der Waals surface area contributed by atoms with Crippen LogP contribution in [0.4, 0.5) is 0 Å². The van der Waals surface area contributed by atoms with Gasteiger partial charge in [-0.05, 0) is 47.2 Å². The zero-order valence-corrected chi connectivity index (χ0v) is 19.3. The Bertz CT molecular complexity index is 944. The minimum absolute atomic E-state index is 0.0887. The van der Waals surface area contributed by atoms with E-state index in [1.54, 1.807) is 12.1 Å². The summed E-state index contributed by atoms with van der Waals surface area (Å²) in [6.07, 6.45) is -3.64. The molecule has 8 heteroatoms. The number of benzene rings is 2. The molecule has 2 aliphatic heterocycles. The standard InChI is InChI=1S/C25H31ClO7/c1-2-15-9-14(3-6-20(15)32-18-7-8-31-13-18)10-17-11-16(4-5-19(17)26)25-24(30)23(29)22(28)21(12-27)33-25/h3-6,9,11,18,21-25,27-30H,2,7-8,10,12-13H2,1H3/t18-,21+,22+,23-,24+,25-/m0/s1. The minimum Gasteiger partial charge on any atom is -0.488 e. The SMILES string of the molecule is CCc1cc(Cc2cc([C@@H]3O[C@H](CO)[C@@H](O)[C@H](O)[C@H]3O)ccc2Cl)ccc1O[C@H]1CCOC1. The van der Waals surface area contributed by atoms with E-state index in [-0.39, 0.29) is 6.10 Å². The van der Waals surface area contributed by atoms with Crippen molar-refractivity contribution in [1.82, 2.24) is 0 Å². The number of aliphatic hydroxyl groups is 4. The predicted octanol–water partition coefficient (Wildman–Crippen LogP) is 2.18. The van der Waals surface area contributed by atoms with Crippen LogP contribution in [0.5, 0.6) is 5.75 Å². The van der Waals surface area contributed by atoms with E-state index in [0.717, 1.165) is 41.9 Å². The fourth-order valence-corrected chi connectivity index (χ4v) is 4.61. The van der Waals surface area contributed by atoms with Crippen LogP contribution in [0.15, 0.2) is 36.4 Å². The summed E-state index contributed by atoms with van der Waals surface area (Å²) in [6, 6.07) is 11.4. The number of rotatable bonds is 7. The van der Waals surface area contributed by atoms with Gasteiger partial charge in [-0.25, -0.2) is 0 Å².